The fourth-order valence-electron chi connectivity index (χ4n) is 3.02. The first kappa shape index (κ1) is 16.2. The molecule has 0 unspecified atom stereocenters. The Kier molecular flexibility index (Phi) is 4.64. The Morgan fingerprint density at radius 3 is 2.83 bits per heavy atom. The van der Waals surface area contributed by atoms with Crippen LogP contribution in [0.1, 0.15) is 26.2 Å². The number of carbonyl (C=O) groups excluding carboxylic acids is 1. The van der Waals surface area contributed by atoms with E-state index >= 15 is 0 Å². The van der Waals surface area contributed by atoms with Crippen LogP contribution in [0.3, 0.4) is 0 Å². The topological polar surface area (TPSA) is 68.9 Å². The average molecular weight is 326 g/mol. The number of hydrogen-bond donors (Lipinski definition) is 1. The SMILES string of the molecule is CCCNC(=O)CCCn1c2ccccc2c2cnn(C)c(=O)c21. The highest BCUT2D eigenvalue weighted by atomic mass is 16.1. The number of para-hydroxylation sites is 1. The quantitative estimate of drug-likeness (QED) is 0.755. The van der Waals surface area contributed by atoms with Crippen molar-refractivity contribution < 1.29 is 4.79 Å². The Morgan fingerprint density at radius 2 is 2.04 bits per heavy atom. The van der Waals surface area contributed by atoms with E-state index in [9.17, 15) is 9.59 Å². The van der Waals surface area contributed by atoms with E-state index in [0.717, 1.165) is 22.7 Å². The van der Waals surface area contributed by atoms with Crippen molar-refractivity contribution in [3.05, 3.63) is 40.8 Å². The van der Waals surface area contributed by atoms with Crippen molar-refractivity contribution in [2.45, 2.75) is 32.7 Å². The van der Waals surface area contributed by atoms with Crippen LogP contribution in [-0.2, 0) is 18.4 Å². The maximum absolute atomic E-state index is 12.6. The third-order valence-corrected chi connectivity index (χ3v) is 4.22. The van der Waals surface area contributed by atoms with Gasteiger partial charge >= 0.3 is 0 Å². The number of aryl methyl sites for hydroxylation is 2. The first-order valence-corrected chi connectivity index (χ1v) is 8.33. The van der Waals surface area contributed by atoms with Gasteiger partial charge in [0.2, 0.25) is 5.91 Å². The standard InChI is InChI=1S/C18H22N4O2/c1-3-10-19-16(23)9-6-11-22-15-8-5-4-7-13(15)14-12-20-21(2)18(24)17(14)22/h4-5,7-8,12H,3,6,9-11H2,1-2H3,(H,19,23). The molecule has 0 fully saturated rings. The lowest BCUT2D eigenvalue weighted by molar-refractivity contribution is -0.121. The smallest absolute Gasteiger partial charge is 0.291 e. The molecule has 0 aliphatic heterocycles. The lowest BCUT2D eigenvalue weighted by Gasteiger charge is -2.08. The van der Waals surface area contributed by atoms with Crippen LogP contribution in [-0.4, -0.2) is 26.8 Å². The second-order valence-corrected chi connectivity index (χ2v) is 5.96. The normalized spacial score (nSPS) is 11.2. The summed E-state index contributed by atoms with van der Waals surface area (Å²) in [6.45, 7) is 3.37. The molecule has 24 heavy (non-hydrogen) atoms. The number of benzene rings is 1. The fourth-order valence-corrected chi connectivity index (χ4v) is 3.02. The van der Waals surface area contributed by atoms with Crippen molar-refractivity contribution in [3.8, 4) is 0 Å². The summed E-state index contributed by atoms with van der Waals surface area (Å²) in [5, 5.41) is 8.91. The van der Waals surface area contributed by atoms with Gasteiger partial charge in [-0.2, -0.15) is 5.10 Å². The number of amides is 1. The third-order valence-electron chi connectivity index (χ3n) is 4.22. The lowest BCUT2D eigenvalue weighted by atomic mass is 10.2. The minimum Gasteiger partial charge on any atom is -0.356 e. The number of nitrogens with one attached hydrogen (secondary N) is 1. The number of rotatable bonds is 6. The van der Waals surface area contributed by atoms with Gasteiger partial charge in [0.1, 0.15) is 5.52 Å². The molecule has 2 aromatic heterocycles. The molecule has 0 atom stereocenters. The molecule has 0 spiro atoms. The van der Waals surface area contributed by atoms with Gasteiger partial charge in [-0.1, -0.05) is 25.1 Å². The number of hydrogen-bond acceptors (Lipinski definition) is 3. The molecule has 2 heterocycles. The first-order chi connectivity index (χ1) is 11.6. The minimum atomic E-state index is -0.112. The zero-order valence-electron chi connectivity index (χ0n) is 14.1. The van der Waals surface area contributed by atoms with Crippen LogP contribution in [0.25, 0.3) is 21.8 Å². The summed E-state index contributed by atoms with van der Waals surface area (Å²) >= 11 is 0. The molecule has 3 rings (SSSR count). The molecule has 6 heteroatoms. The Bertz CT molecular complexity index is 939. The first-order valence-electron chi connectivity index (χ1n) is 8.33. The van der Waals surface area contributed by atoms with Gasteiger partial charge < -0.3 is 9.88 Å². The van der Waals surface area contributed by atoms with Crippen molar-refractivity contribution in [1.82, 2.24) is 19.7 Å². The summed E-state index contributed by atoms with van der Waals surface area (Å²) in [4.78, 5) is 24.3. The zero-order chi connectivity index (χ0) is 17.1. The third kappa shape index (κ3) is 2.91. The molecule has 6 nitrogen and oxygen atoms in total. The summed E-state index contributed by atoms with van der Waals surface area (Å²) in [5.74, 6) is 0.0622. The lowest BCUT2D eigenvalue weighted by Crippen LogP contribution is -2.24. The van der Waals surface area contributed by atoms with Crippen LogP contribution < -0.4 is 10.9 Å². The van der Waals surface area contributed by atoms with E-state index < -0.39 is 0 Å². The van der Waals surface area contributed by atoms with Gasteiger partial charge in [-0.15, -0.1) is 0 Å². The summed E-state index contributed by atoms with van der Waals surface area (Å²) in [6, 6.07) is 7.93. The van der Waals surface area contributed by atoms with Gasteiger partial charge in [-0.25, -0.2) is 4.68 Å². The summed E-state index contributed by atoms with van der Waals surface area (Å²) in [6.07, 6.45) is 3.82. The van der Waals surface area contributed by atoms with E-state index in [2.05, 4.69) is 10.4 Å². The van der Waals surface area contributed by atoms with E-state index in [1.807, 2.05) is 35.8 Å². The molecule has 0 saturated carbocycles. The summed E-state index contributed by atoms with van der Waals surface area (Å²) in [5.41, 5.74) is 1.55. The number of nitrogens with zero attached hydrogens (tertiary/aromatic N) is 3. The van der Waals surface area contributed by atoms with Crippen molar-refractivity contribution in [3.63, 3.8) is 0 Å². The summed E-state index contributed by atoms with van der Waals surface area (Å²) < 4.78 is 3.37. The molecule has 1 N–H and O–H groups in total. The van der Waals surface area contributed by atoms with E-state index in [0.29, 0.717) is 31.4 Å². The maximum Gasteiger partial charge on any atom is 0.291 e. The van der Waals surface area contributed by atoms with Crippen molar-refractivity contribution in [1.29, 1.82) is 0 Å². The van der Waals surface area contributed by atoms with Gasteiger partial charge in [0.25, 0.3) is 5.56 Å². The van der Waals surface area contributed by atoms with Gasteiger partial charge in [0, 0.05) is 42.8 Å². The predicted octanol–water partition coefficient (Wildman–Crippen LogP) is 2.19. The Hall–Kier alpha value is -2.63. The molecule has 0 radical (unpaired) electrons. The molecule has 0 aliphatic carbocycles. The van der Waals surface area contributed by atoms with E-state index in [-0.39, 0.29) is 11.5 Å². The second kappa shape index (κ2) is 6.86. The molecule has 126 valence electrons. The van der Waals surface area contributed by atoms with E-state index in [1.54, 1.807) is 13.2 Å². The monoisotopic (exact) mass is 326 g/mol. The van der Waals surface area contributed by atoms with Gasteiger partial charge in [0.05, 0.1) is 6.20 Å². The van der Waals surface area contributed by atoms with E-state index in [4.69, 9.17) is 0 Å². The molecular weight excluding hydrogens is 304 g/mol. The Labute approximate surface area is 140 Å². The second-order valence-electron chi connectivity index (χ2n) is 5.96. The van der Waals surface area contributed by atoms with Gasteiger partial charge in [0.15, 0.2) is 0 Å². The average Bonchev–Trinajstić information content (AvgIpc) is 2.91. The highest BCUT2D eigenvalue weighted by molar-refractivity contribution is 6.07. The molecule has 1 aromatic carbocycles. The van der Waals surface area contributed by atoms with Crippen molar-refractivity contribution in [2.24, 2.45) is 7.05 Å². The largest absolute Gasteiger partial charge is 0.356 e. The van der Waals surface area contributed by atoms with Crippen molar-refractivity contribution in [2.75, 3.05) is 6.54 Å². The molecule has 0 saturated heterocycles. The molecule has 0 aliphatic rings. The maximum atomic E-state index is 12.6. The van der Waals surface area contributed by atoms with Crippen LogP contribution in [0, 0.1) is 0 Å². The summed E-state index contributed by atoms with van der Waals surface area (Å²) in [7, 11) is 1.65. The molecular formula is C18H22N4O2. The zero-order valence-corrected chi connectivity index (χ0v) is 14.1. The predicted molar refractivity (Wildman–Crippen MR) is 95.0 cm³/mol. The van der Waals surface area contributed by atoms with E-state index in [1.165, 1.54) is 4.68 Å². The number of fused-ring (bicyclic) bond motifs is 3. The van der Waals surface area contributed by atoms with Crippen molar-refractivity contribution >= 4 is 27.7 Å². The van der Waals surface area contributed by atoms with Gasteiger partial charge in [-0.05, 0) is 18.9 Å². The van der Waals surface area contributed by atoms with Crippen LogP contribution in [0.2, 0.25) is 0 Å². The van der Waals surface area contributed by atoms with Crippen LogP contribution >= 0.6 is 0 Å². The highest BCUT2D eigenvalue weighted by Gasteiger charge is 2.14. The minimum absolute atomic E-state index is 0.0622. The Balaban J connectivity index is 1.95. The molecule has 1 amide bonds. The highest BCUT2D eigenvalue weighted by Crippen LogP contribution is 2.26. The number of aromatic nitrogens is 3. The van der Waals surface area contributed by atoms with Crippen LogP contribution in [0.5, 0.6) is 0 Å². The van der Waals surface area contributed by atoms with Gasteiger partial charge in [-0.3, -0.25) is 9.59 Å². The van der Waals surface area contributed by atoms with Crippen LogP contribution in [0.15, 0.2) is 35.3 Å². The number of carbonyl (C=O) groups is 1. The fraction of sp³-hybridized carbons (Fsp3) is 0.389. The Morgan fingerprint density at radius 1 is 1.25 bits per heavy atom. The van der Waals surface area contributed by atoms with Crippen LogP contribution in [0.4, 0.5) is 0 Å². The molecule has 3 aromatic rings. The molecule has 0 bridgehead atoms.